The quantitative estimate of drug-likeness (QED) is 0.220. The minimum Gasteiger partial charge on any atom is -0.465 e. The van der Waals surface area contributed by atoms with Gasteiger partial charge < -0.3 is 24.0 Å². The van der Waals surface area contributed by atoms with Crippen LogP contribution in [-0.2, 0) is 33.2 Å². The van der Waals surface area contributed by atoms with E-state index in [1.807, 2.05) is 0 Å². The van der Waals surface area contributed by atoms with Crippen LogP contribution in [0.1, 0.15) is 19.8 Å². The molecule has 0 spiro atoms. The Morgan fingerprint density at radius 1 is 1.00 bits per heavy atom. The van der Waals surface area contributed by atoms with Gasteiger partial charge in [0.2, 0.25) is 0 Å². The molecule has 0 aromatic rings. The molecule has 0 aromatic heterocycles. The zero-order chi connectivity index (χ0) is 19.5. The maximum atomic E-state index is 11.6. The molecule has 0 amide bonds. The van der Waals surface area contributed by atoms with Crippen molar-refractivity contribution in [1.82, 2.24) is 0 Å². The number of carbonyl (C=O) groups excluding carboxylic acids is 3. The summed E-state index contributed by atoms with van der Waals surface area (Å²) >= 11 is 0. The Hall–Kier alpha value is -1.96. The Bertz CT molecular complexity index is 525. The van der Waals surface area contributed by atoms with Crippen molar-refractivity contribution in [2.45, 2.75) is 19.8 Å². The Morgan fingerprint density at radius 3 is 1.80 bits per heavy atom. The third-order valence-electron chi connectivity index (χ3n) is 3.27. The summed E-state index contributed by atoms with van der Waals surface area (Å²) in [6, 6.07) is 0. The van der Waals surface area contributed by atoms with Crippen molar-refractivity contribution in [1.29, 1.82) is 0 Å². The first-order valence-corrected chi connectivity index (χ1v) is 9.16. The molecule has 2 N–H and O–H groups in total. The molecule has 0 aliphatic heterocycles. The molecule has 0 unspecified atom stereocenters. The largest absolute Gasteiger partial charge is 0.465 e. The average molecular weight is 378 g/mol. The molecule has 0 saturated heterocycles. The van der Waals surface area contributed by atoms with Crippen LogP contribution in [0.4, 0.5) is 0 Å². The van der Waals surface area contributed by atoms with Gasteiger partial charge in [-0.1, -0.05) is 20.1 Å². The summed E-state index contributed by atoms with van der Waals surface area (Å²) in [6.07, 6.45) is 1.14. The predicted octanol–water partition coefficient (Wildman–Crippen LogP) is 0.952. The number of ether oxygens (including phenoxy) is 3. The summed E-state index contributed by atoms with van der Waals surface area (Å²) in [5.74, 6) is -2.22. The molecule has 0 aromatic carbocycles. The van der Waals surface area contributed by atoms with Gasteiger partial charge in [0.05, 0.1) is 18.0 Å². The zero-order valence-electron chi connectivity index (χ0n) is 14.0. The molecule has 0 bridgehead atoms. The van der Waals surface area contributed by atoms with Gasteiger partial charge in [-0.3, -0.25) is 9.36 Å². The molecule has 25 heavy (non-hydrogen) atoms. The van der Waals surface area contributed by atoms with E-state index in [2.05, 4.69) is 13.2 Å². The van der Waals surface area contributed by atoms with Crippen molar-refractivity contribution in [2.75, 3.05) is 26.0 Å². The van der Waals surface area contributed by atoms with E-state index in [9.17, 15) is 18.9 Å². The van der Waals surface area contributed by atoms with Crippen LogP contribution < -0.4 is 0 Å². The molecule has 9 nitrogen and oxygen atoms in total. The molecular weight excluding hydrogens is 355 g/mol. The second kappa shape index (κ2) is 10.8. The number of hydrogen-bond acceptors (Lipinski definition) is 7. The Labute approximate surface area is 145 Å². The minimum absolute atomic E-state index is 0.204. The van der Waals surface area contributed by atoms with E-state index in [0.29, 0.717) is 6.42 Å². The normalized spacial score (nSPS) is 11.3. The van der Waals surface area contributed by atoms with E-state index < -0.39 is 43.5 Å². The third kappa shape index (κ3) is 10.5. The van der Waals surface area contributed by atoms with Gasteiger partial charge in [-0.25, -0.2) is 9.59 Å². The molecule has 0 radical (unpaired) electrons. The number of rotatable bonds is 12. The summed E-state index contributed by atoms with van der Waals surface area (Å²) in [5.41, 5.74) is -1.00. The van der Waals surface area contributed by atoms with Gasteiger partial charge in [-0.2, -0.15) is 0 Å². The molecular formula is C15H23O9P. The monoisotopic (exact) mass is 378 g/mol. The molecule has 0 saturated carbocycles. The van der Waals surface area contributed by atoms with Gasteiger partial charge in [0.25, 0.3) is 0 Å². The molecule has 142 valence electrons. The first kappa shape index (κ1) is 23.0. The highest BCUT2D eigenvalue weighted by Crippen LogP contribution is 2.35. The number of carbonyl (C=O) groups is 3. The van der Waals surface area contributed by atoms with Gasteiger partial charge in [0, 0.05) is 12.2 Å². The Balaban J connectivity index is 4.89. The van der Waals surface area contributed by atoms with Crippen molar-refractivity contribution in [2.24, 2.45) is 5.41 Å². The molecule has 0 aliphatic carbocycles. The van der Waals surface area contributed by atoms with Crippen LogP contribution in [0.2, 0.25) is 0 Å². The molecule has 0 aliphatic rings. The molecule has 0 heterocycles. The third-order valence-corrected chi connectivity index (χ3v) is 4.08. The molecule has 10 heteroatoms. The fraction of sp³-hybridized carbons (Fsp3) is 0.533. The second-order valence-corrected chi connectivity index (χ2v) is 7.05. The van der Waals surface area contributed by atoms with E-state index in [1.165, 1.54) is 0 Å². The van der Waals surface area contributed by atoms with Gasteiger partial charge in [-0.15, -0.1) is 0 Å². The highest BCUT2D eigenvalue weighted by Gasteiger charge is 2.34. The summed E-state index contributed by atoms with van der Waals surface area (Å²) in [4.78, 5) is 51.7. The standard InChI is InChI=1S/C15H23O9P/c1-4-12(16)22-9-15(6-3,10-23-13(17)5-2)11-24-14(18)7-8-25(19,20)21/h4-5H,1-2,6-11H2,3H3,(H2,19,20,21). The van der Waals surface area contributed by atoms with Gasteiger partial charge in [-0.05, 0) is 6.42 Å². The maximum absolute atomic E-state index is 11.6. The summed E-state index contributed by atoms with van der Waals surface area (Å²) in [7, 11) is -4.31. The zero-order valence-corrected chi connectivity index (χ0v) is 14.9. The van der Waals surface area contributed by atoms with Gasteiger partial charge in [0.15, 0.2) is 0 Å². The minimum atomic E-state index is -4.31. The van der Waals surface area contributed by atoms with Crippen molar-refractivity contribution in [3.63, 3.8) is 0 Å². The van der Waals surface area contributed by atoms with Crippen LogP contribution in [0.5, 0.6) is 0 Å². The molecule has 0 fully saturated rings. The summed E-state index contributed by atoms with van der Waals surface area (Å²) < 4.78 is 25.7. The highest BCUT2D eigenvalue weighted by molar-refractivity contribution is 7.51. The van der Waals surface area contributed by atoms with Crippen LogP contribution in [0.15, 0.2) is 25.3 Å². The van der Waals surface area contributed by atoms with Gasteiger partial charge in [0.1, 0.15) is 19.8 Å². The van der Waals surface area contributed by atoms with Crippen LogP contribution in [0, 0.1) is 5.41 Å². The number of esters is 3. The summed E-state index contributed by atoms with van der Waals surface area (Å²) in [5, 5.41) is 0. The Morgan fingerprint density at radius 2 is 1.44 bits per heavy atom. The van der Waals surface area contributed by atoms with Crippen LogP contribution in [0.25, 0.3) is 0 Å². The van der Waals surface area contributed by atoms with Crippen LogP contribution >= 0.6 is 7.60 Å². The van der Waals surface area contributed by atoms with Gasteiger partial charge >= 0.3 is 25.5 Å². The highest BCUT2D eigenvalue weighted by atomic mass is 31.2. The summed E-state index contributed by atoms with van der Waals surface area (Å²) in [6.45, 7) is 7.57. The maximum Gasteiger partial charge on any atom is 0.330 e. The SMILES string of the molecule is C=CC(=O)OCC(CC)(COC(=O)C=C)COC(=O)CCP(=O)(O)O. The van der Waals surface area contributed by atoms with Crippen molar-refractivity contribution < 1.29 is 42.9 Å². The first-order chi connectivity index (χ1) is 11.6. The van der Waals surface area contributed by atoms with E-state index in [-0.39, 0.29) is 19.8 Å². The molecule has 0 rings (SSSR count). The lowest BCUT2D eigenvalue weighted by atomic mass is 9.88. The Kier molecular flexibility index (Phi) is 9.96. The second-order valence-electron chi connectivity index (χ2n) is 5.28. The van der Waals surface area contributed by atoms with Crippen LogP contribution in [-0.4, -0.2) is 53.7 Å². The van der Waals surface area contributed by atoms with Crippen LogP contribution in [0.3, 0.4) is 0 Å². The topological polar surface area (TPSA) is 136 Å². The fourth-order valence-electron chi connectivity index (χ4n) is 1.54. The first-order valence-electron chi connectivity index (χ1n) is 7.36. The van der Waals surface area contributed by atoms with E-state index in [0.717, 1.165) is 12.2 Å². The van der Waals surface area contributed by atoms with Crippen molar-refractivity contribution >= 4 is 25.5 Å². The average Bonchev–Trinajstić information content (AvgIpc) is 2.58. The van der Waals surface area contributed by atoms with E-state index in [4.69, 9.17) is 24.0 Å². The lowest BCUT2D eigenvalue weighted by Crippen LogP contribution is -2.38. The van der Waals surface area contributed by atoms with Crippen molar-refractivity contribution in [3.05, 3.63) is 25.3 Å². The lowest BCUT2D eigenvalue weighted by Gasteiger charge is -2.30. The van der Waals surface area contributed by atoms with E-state index in [1.54, 1.807) is 6.92 Å². The fourth-order valence-corrected chi connectivity index (χ4v) is 2.01. The smallest absolute Gasteiger partial charge is 0.330 e. The lowest BCUT2D eigenvalue weighted by molar-refractivity contribution is -0.158. The molecule has 0 atom stereocenters. The predicted molar refractivity (Wildman–Crippen MR) is 87.5 cm³/mol. The number of hydrogen-bond donors (Lipinski definition) is 2. The van der Waals surface area contributed by atoms with E-state index >= 15 is 0 Å². The van der Waals surface area contributed by atoms with Crippen molar-refractivity contribution in [3.8, 4) is 0 Å².